The van der Waals surface area contributed by atoms with Gasteiger partial charge in [-0.05, 0) is 67.6 Å². The zero-order valence-electron chi connectivity index (χ0n) is 14.1. The van der Waals surface area contributed by atoms with Crippen molar-refractivity contribution in [1.82, 2.24) is 9.80 Å². The molecular weight excluding hydrogens is 288 g/mol. The molecule has 0 radical (unpaired) electrons. The Labute approximate surface area is 138 Å². The van der Waals surface area contributed by atoms with E-state index in [0.29, 0.717) is 5.91 Å². The normalized spacial score (nSPS) is 44.9. The monoisotopic (exact) mass is 316 g/mol. The van der Waals surface area contributed by atoms with Crippen molar-refractivity contribution in [2.45, 2.75) is 39.0 Å². The number of hydrogen-bond donors (Lipinski definition) is 0. The molecule has 4 heteroatoms. The molecule has 6 fully saturated rings. The zero-order chi connectivity index (χ0) is 15.7. The van der Waals surface area contributed by atoms with Gasteiger partial charge in [0, 0.05) is 39.0 Å². The number of carbonyl (C=O) groups excluding carboxylic acids is 2. The lowest BCUT2D eigenvalue weighted by Gasteiger charge is -2.44. The highest BCUT2D eigenvalue weighted by molar-refractivity contribution is 5.80. The van der Waals surface area contributed by atoms with Gasteiger partial charge in [0.2, 0.25) is 11.8 Å². The summed E-state index contributed by atoms with van der Waals surface area (Å²) in [4.78, 5) is 28.5. The molecule has 23 heavy (non-hydrogen) atoms. The summed E-state index contributed by atoms with van der Waals surface area (Å²) in [5.41, 5.74) is 0. The van der Waals surface area contributed by atoms with Crippen LogP contribution in [0.2, 0.25) is 0 Å². The molecule has 0 aromatic carbocycles. The van der Waals surface area contributed by atoms with Crippen molar-refractivity contribution in [2.24, 2.45) is 41.4 Å². The van der Waals surface area contributed by atoms with Crippen LogP contribution in [0.5, 0.6) is 0 Å². The summed E-state index contributed by atoms with van der Waals surface area (Å²) in [7, 11) is 0. The van der Waals surface area contributed by atoms with Crippen LogP contribution < -0.4 is 0 Å². The van der Waals surface area contributed by atoms with Crippen molar-refractivity contribution in [1.29, 1.82) is 0 Å². The molecule has 0 N–H and O–H groups in total. The Bertz CT molecular complexity index is 515. The third-order valence-corrected chi connectivity index (χ3v) is 7.94. The number of amides is 2. The van der Waals surface area contributed by atoms with E-state index in [1.54, 1.807) is 6.92 Å². The third-order valence-electron chi connectivity index (χ3n) is 7.94. The summed E-state index contributed by atoms with van der Waals surface area (Å²) in [6.07, 6.45) is 6.10. The Hall–Kier alpha value is -1.06. The predicted molar refractivity (Wildman–Crippen MR) is 86.3 cm³/mol. The Kier molecular flexibility index (Phi) is 3.09. The molecular formula is C19H28N2O2. The van der Waals surface area contributed by atoms with Crippen LogP contribution in [-0.4, -0.2) is 47.8 Å². The molecule has 0 aromatic rings. The summed E-state index contributed by atoms with van der Waals surface area (Å²) in [6.45, 7) is 5.25. The number of piperidine rings is 1. The van der Waals surface area contributed by atoms with Gasteiger partial charge in [0.1, 0.15) is 0 Å². The number of fused-ring (bicyclic) bond motifs is 1. The van der Waals surface area contributed by atoms with Crippen LogP contribution in [0.3, 0.4) is 0 Å². The van der Waals surface area contributed by atoms with E-state index in [1.165, 1.54) is 19.3 Å². The van der Waals surface area contributed by atoms with Gasteiger partial charge >= 0.3 is 0 Å². The Balaban J connectivity index is 1.24. The molecule has 4 nitrogen and oxygen atoms in total. The molecule has 2 saturated heterocycles. The molecule has 6 aliphatic rings. The molecule has 2 aliphatic heterocycles. The number of nitrogens with zero attached hydrogens (tertiary/aromatic N) is 2. The van der Waals surface area contributed by atoms with E-state index in [4.69, 9.17) is 0 Å². The number of rotatable bonds is 1. The Morgan fingerprint density at radius 2 is 1.30 bits per heavy atom. The van der Waals surface area contributed by atoms with Gasteiger partial charge in [-0.1, -0.05) is 0 Å². The molecule has 0 aromatic heterocycles. The highest BCUT2D eigenvalue weighted by atomic mass is 16.2. The topological polar surface area (TPSA) is 40.6 Å². The molecule has 2 heterocycles. The average Bonchev–Trinajstić information content (AvgIpc) is 3.26. The minimum absolute atomic E-state index is 0.152. The molecule has 6 atom stereocenters. The summed E-state index contributed by atoms with van der Waals surface area (Å²) in [6, 6.07) is 0. The molecule has 6 rings (SSSR count). The quantitative estimate of drug-likeness (QED) is 0.742. The van der Waals surface area contributed by atoms with E-state index in [1.807, 2.05) is 4.90 Å². The van der Waals surface area contributed by atoms with Gasteiger partial charge in [0.25, 0.3) is 0 Å². The first-order chi connectivity index (χ1) is 11.1. The lowest BCUT2D eigenvalue weighted by Crippen LogP contribution is -2.43. The second-order valence-electron chi connectivity index (χ2n) is 8.82. The standard InChI is InChI=1S/C19H28N2O2/c1-11(22)20-6-4-12(5-7-20)19(23)21-9-17-13-2-3-14(18(17)10-21)16-8-15(13)16/h12-18H,2-10H2,1H3. The first kappa shape index (κ1) is 14.3. The fourth-order valence-corrected chi connectivity index (χ4v) is 6.74. The highest BCUT2D eigenvalue weighted by Gasteiger charge is 2.63. The third kappa shape index (κ3) is 2.09. The first-order valence-corrected chi connectivity index (χ1v) is 9.68. The van der Waals surface area contributed by atoms with Crippen molar-refractivity contribution >= 4 is 11.8 Å². The zero-order valence-corrected chi connectivity index (χ0v) is 14.1. The minimum atomic E-state index is 0.152. The lowest BCUT2D eigenvalue weighted by atomic mass is 9.60. The van der Waals surface area contributed by atoms with Crippen LogP contribution in [0.15, 0.2) is 0 Å². The van der Waals surface area contributed by atoms with Crippen molar-refractivity contribution in [3.63, 3.8) is 0 Å². The van der Waals surface area contributed by atoms with Crippen molar-refractivity contribution in [3.05, 3.63) is 0 Å². The number of hydrogen-bond acceptors (Lipinski definition) is 2. The van der Waals surface area contributed by atoms with Crippen LogP contribution in [0.25, 0.3) is 0 Å². The van der Waals surface area contributed by atoms with Gasteiger partial charge in [0.05, 0.1) is 0 Å². The van der Waals surface area contributed by atoms with E-state index in [2.05, 4.69) is 4.90 Å². The van der Waals surface area contributed by atoms with Gasteiger partial charge in [0.15, 0.2) is 0 Å². The molecule has 2 bridgehead atoms. The first-order valence-electron chi connectivity index (χ1n) is 9.68. The Morgan fingerprint density at radius 3 is 1.83 bits per heavy atom. The van der Waals surface area contributed by atoms with E-state index in [9.17, 15) is 9.59 Å². The van der Waals surface area contributed by atoms with Gasteiger partial charge in [-0.3, -0.25) is 9.59 Å². The van der Waals surface area contributed by atoms with Crippen LogP contribution in [0, 0.1) is 41.4 Å². The molecule has 4 saturated carbocycles. The molecule has 126 valence electrons. The molecule has 4 aliphatic carbocycles. The summed E-state index contributed by atoms with van der Waals surface area (Å²) in [5, 5.41) is 0. The molecule has 0 spiro atoms. The second-order valence-corrected chi connectivity index (χ2v) is 8.82. The summed E-state index contributed by atoms with van der Waals surface area (Å²) in [5.74, 6) is 6.29. The number of carbonyl (C=O) groups is 2. The smallest absolute Gasteiger partial charge is 0.225 e. The second kappa shape index (κ2) is 4.97. The highest BCUT2D eigenvalue weighted by Crippen LogP contribution is 2.67. The van der Waals surface area contributed by atoms with Gasteiger partial charge in [-0.15, -0.1) is 0 Å². The van der Waals surface area contributed by atoms with E-state index < -0.39 is 0 Å². The predicted octanol–water partition coefficient (Wildman–Crippen LogP) is 2.00. The fourth-order valence-electron chi connectivity index (χ4n) is 6.74. The summed E-state index contributed by atoms with van der Waals surface area (Å²) < 4.78 is 0. The van der Waals surface area contributed by atoms with Crippen LogP contribution >= 0.6 is 0 Å². The van der Waals surface area contributed by atoms with Crippen LogP contribution in [-0.2, 0) is 9.59 Å². The van der Waals surface area contributed by atoms with Gasteiger partial charge < -0.3 is 9.80 Å². The lowest BCUT2D eigenvalue weighted by molar-refractivity contribution is -0.139. The maximum absolute atomic E-state index is 13.0. The Morgan fingerprint density at radius 1 is 0.739 bits per heavy atom. The van der Waals surface area contributed by atoms with Gasteiger partial charge in [-0.2, -0.15) is 0 Å². The number of likely N-dealkylation sites (tertiary alicyclic amines) is 2. The van der Waals surface area contributed by atoms with E-state index >= 15 is 0 Å². The maximum atomic E-state index is 13.0. The molecule has 6 unspecified atom stereocenters. The van der Waals surface area contributed by atoms with Crippen molar-refractivity contribution < 1.29 is 9.59 Å². The van der Waals surface area contributed by atoms with Crippen LogP contribution in [0.4, 0.5) is 0 Å². The summed E-state index contributed by atoms with van der Waals surface area (Å²) >= 11 is 0. The van der Waals surface area contributed by atoms with E-state index in [-0.39, 0.29) is 11.8 Å². The maximum Gasteiger partial charge on any atom is 0.225 e. The average molecular weight is 316 g/mol. The fraction of sp³-hybridized carbons (Fsp3) is 0.895. The minimum Gasteiger partial charge on any atom is -0.343 e. The van der Waals surface area contributed by atoms with Crippen LogP contribution in [0.1, 0.15) is 39.0 Å². The van der Waals surface area contributed by atoms with E-state index in [0.717, 1.165) is 74.5 Å². The van der Waals surface area contributed by atoms with Crippen molar-refractivity contribution in [2.75, 3.05) is 26.2 Å². The largest absolute Gasteiger partial charge is 0.343 e. The van der Waals surface area contributed by atoms with Gasteiger partial charge in [-0.25, -0.2) is 0 Å². The van der Waals surface area contributed by atoms with Crippen molar-refractivity contribution in [3.8, 4) is 0 Å². The SMILES string of the molecule is CC(=O)N1CCC(C(=O)N2CC3C4CCC(C5CC45)C3C2)CC1. The molecule has 2 amide bonds.